The summed E-state index contributed by atoms with van der Waals surface area (Å²) in [5.74, 6) is -3.50. The molecule has 1 aromatic rings. The Kier molecular flexibility index (Phi) is 4.71. The number of hydrogen-bond donors (Lipinski definition) is 4. The van der Waals surface area contributed by atoms with E-state index in [9.17, 15) is 19.5 Å². The van der Waals surface area contributed by atoms with E-state index in [4.69, 9.17) is 22.4 Å². The number of carboxylic acids is 1. The number of hydrogen-bond acceptors (Lipinski definition) is 4. The zero-order valence-corrected chi connectivity index (χ0v) is 10.3. The van der Waals surface area contributed by atoms with Gasteiger partial charge in [0.15, 0.2) is 0 Å². The average molecular weight is 287 g/mol. The van der Waals surface area contributed by atoms with E-state index >= 15 is 0 Å². The van der Waals surface area contributed by atoms with Gasteiger partial charge in [-0.15, -0.1) is 0 Å². The minimum absolute atomic E-state index is 0.191. The van der Waals surface area contributed by atoms with Crippen molar-refractivity contribution >= 4 is 29.4 Å². The number of amides is 2. The number of phenolic OH excluding ortho intramolecular Hbond substituents is 1. The molecule has 0 heterocycles. The minimum Gasteiger partial charge on any atom is -0.507 e. The second-order valence-corrected chi connectivity index (χ2v) is 4.13. The lowest BCUT2D eigenvalue weighted by molar-refractivity contribution is -0.140. The second-order valence-electron chi connectivity index (χ2n) is 3.70. The number of nitrogens with two attached hydrogens (primary N) is 1. The van der Waals surface area contributed by atoms with Gasteiger partial charge in [-0.25, -0.2) is 4.79 Å². The fourth-order valence-corrected chi connectivity index (χ4v) is 1.50. The third-order valence-corrected chi connectivity index (χ3v) is 2.45. The van der Waals surface area contributed by atoms with E-state index in [1.54, 1.807) is 0 Å². The monoisotopic (exact) mass is 286 g/mol. The molecule has 0 aliphatic rings. The van der Waals surface area contributed by atoms with Gasteiger partial charge in [-0.3, -0.25) is 9.59 Å². The molecule has 0 aromatic heterocycles. The van der Waals surface area contributed by atoms with Crippen molar-refractivity contribution in [3.63, 3.8) is 0 Å². The minimum atomic E-state index is -1.47. The van der Waals surface area contributed by atoms with E-state index in [-0.39, 0.29) is 16.3 Å². The first-order valence-corrected chi connectivity index (χ1v) is 5.49. The van der Waals surface area contributed by atoms with Crippen LogP contribution in [0.25, 0.3) is 0 Å². The Labute approximate surface area is 113 Å². The number of aromatic hydroxyl groups is 1. The number of primary amides is 1. The van der Waals surface area contributed by atoms with Gasteiger partial charge < -0.3 is 21.3 Å². The fraction of sp³-hybridized carbons (Fsp3) is 0.182. The van der Waals surface area contributed by atoms with Crippen LogP contribution in [-0.4, -0.2) is 34.0 Å². The molecule has 8 heteroatoms. The van der Waals surface area contributed by atoms with Crippen LogP contribution in [0.4, 0.5) is 0 Å². The van der Waals surface area contributed by atoms with E-state index in [2.05, 4.69) is 5.32 Å². The summed E-state index contributed by atoms with van der Waals surface area (Å²) in [6, 6.07) is 2.27. The largest absolute Gasteiger partial charge is 0.507 e. The van der Waals surface area contributed by atoms with Gasteiger partial charge in [0, 0.05) is 5.02 Å². The molecule has 0 bridgehead atoms. The molecule has 0 aliphatic heterocycles. The van der Waals surface area contributed by atoms with Crippen LogP contribution >= 0.6 is 11.6 Å². The van der Waals surface area contributed by atoms with Crippen molar-refractivity contribution in [1.29, 1.82) is 0 Å². The predicted octanol–water partition coefficient (Wildman–Crippen LogP) is 0.104. The number of halogens is 1. The van der Waals surface area contributed by atoms with Crippen LogP contribution in [0.3, 0.4) is 0 Å². The summed E-state index contributed by atoms with van der Waals surface area (Å²) >= 11 is 5.66. The first-order chi connectivity index (χ1) is 8.81. The average Bonchev–Trinajstić information content (AvgIpc) is 2.30. The smallest absolute Gasteiger partial charge is 0.326 e. The summed E-state index contributed by atoms with van der Waals surface area (Å²) in [5, 5.41) is 20.6. The van der Waals surface area contributed by atoms with Gasteiger partial charge in [-0.05, 0) is 18.2 Å². The molecule has 0 saturated carbocycles. The van der Waals surface area contributed by atoms with E-state index in [0.717, 1.165) is 0 Å². The highest BCUT2D eigenvalue weighted by Gasteiger charge is 2.24. The van der Waals surface area contributed by atoms with Gasteiger partial charge in [-0.2, -0.15) is 0 Å². The number of aliphatic carboxylic acids is 1. The molecule has 102 valence electrons. The maximum Gasteiger partial charge on any atom is 0.326 e. The molecule has 1 atom stereocenters. The van der Waals surface area contributed by atoms with Crippen molar-refractivity contribution < 1.29 is 24.6 Å². The molecule has 0 aliphatic carbocycles. The third kappa shape index (κ3) is 4.14. The first kappa shape index (κ1) is 14.8. The topological polar surface area (TPSA) is 130 Å². The summed E-state index contributed by atoms with van der Waals surface area (Å²) in [4.78, 5) is 33.3. The van der Waals surface area contributed by atoms with Gasteiger partial charge >= 0.3 is 5.97 Å². The number of carbonyl (C=O) groups is 3. The summed E-state index contributed by atoms with van der Waals surface area (Å²) in [6.07, 6.45) is -0.553. The highest BCUT2D eigenvalue weighted by molar-refractivity contribution is 6.31. The van der Waals surface area contributed by atoms with Crippen LogP contribution in [0, 0.1) is 0 Å². The van der Waals surface area contributed by atoms with Gasteiger partial charge in [0.05, 0.1) is 12.0 Å². The predicted molar refractivity (Wildman–Crippen MR) is 65.8 cm³/mol. The highest BCUT2D eigenvalue weighted by atomic mass is 35.5. The SMILES string of the molecule is NC(=O)C[C@H](NC(=O)c1cc(Cl)ccc1O)C(=O)O. The van der Waals surface area contributed by atoms with Crippen molar-refractivity contribution in [2.24, 2.45) is 5.73 Å². The lowest BCUT2D eigenvalue weighted by Gasteiger charge is -2.13. The van der Waals surface area contributed by atoms with E-state index in [0.29, 0.717) is 0 Å². The Morgan fingerprint density at radius 1 is 1.37 bits per heavy atom. The summed E-state index contributed by atoms with van der Waals surface area (Å²) < 4.78 is 0. The van der Waals surface area contributed by atoms with Crippen LogP contribution in [0.5, 0.6) is 5.75 Å². The third-order valence-electron chi connectivity index (χ3n) is 2.21. The molecular weight excluding hydrogens is 276 g/mol. The van der Waals surface area contributed by atoms with Crippen LogP contribution in [0.1, 0.15) is 16.8 Å². The van der Waals surface area contributed by atoms with E-state index in [1.807, 2.05) is 0 Å². The first-order valence-electron chi connectivity index (χ1n) is 5.11. The highest BCUT2D eigenvalue weighted by Crippen LogP contribution is 2.21. The normalized spacial score (nSPS) is 11.6. The lowest BCUT2D eigenvalue weighted by atomic mass is 10.1. The van der Waals surface area contributed by atoms with Crippen molar-refractivity contribution in [1.82, 2.24) is 5.32 Å². The summed E-state index contributed by atoms with van der Waals surface area (Å²) in [5.41, 5.74) is 4.68. The molecule has 1 aromatic carbocycles. The number of carbonyl (C=O) groups excluding carboxylic acids is 2. The van der Waals surface area contributed by atoms with Gasteiger partial charge in [0.25, 0.3) is 5.91 Å². The Hall–Kier alpha value is -2.28. The Morgan fingerprint density at radius 3 is 2.53 bits per heavy atom. The molecule has 0 unspecified atom stereocenters. The van der Waals surface area contributed by atoms with Crippen molar-refractivity contribution in [2.45, 2.75) is 12.5 Å². The van der Waals surface area contributed by atoms with Crippen molar-refractivity contribution in [2.75, 3.05) is 0 Å². The Morgan fingerprint density at radius 2 is 2.00 bits per heavy atom. The van der Waals surface area contributed by atoms with Crippen molar-refractivity contribution in [3.8, 4) is 5.75 Å². The number of phenols is 1. The van der Waals surface area contributed by atoms with Gasteiger partial charge in [0.2, 0.25) is 5.91 Å². The Balaban J connectivity index is 2.90. The van der Waals surface area contributed by atoms with Crippen molar-refractivity contribution in [3.05, 3.63) is 28.8 Å². The van der Waals surface area contributed by atoms with Gasteiger partial charge in [-0.1, -0.05) is 11.6 Å². The van der Waals surface area contributed by atoms with Crippen LogP contribution < -0.4 is 11.1 Å². The van der Waals surface area contributed by atoms with E-state index < -0.39 is 30.2 Å². The zero-order chi connectivity index (χ0) is 14.6. The summed E-state index contributed by atoms with van der Waals surface area (Å²) in [7, 11) is 0. The molecule has 5 N–H and O–H groups in total. The molecule has 7 nitrogen and oxygen atoms in total. The lowest BCUT2D eigenvalue weighted by Crippen LogP contribution is -2.43. The molecule has 19 heavy (non-hydrogen) atoms. The number of benzene rings is 1. The van der Waals surface area contributed by atoms with Crippen LogP contribution in [0.2, 0.25) is 5.02 Å². The van der Waals surface area contributed by atoms with Gasteiger partial charge in [0.1, 0.15) is 11.8 Å². The molecule has 0 fully saturated rings. The molecule has 0 spiro atoms. The molecular formula is C11H11ClN2O5. The number of nitrogens with one attached hydrogen (secondary N) is 1. The van der Waals surface area contributed by atoms with Crippen LogP contribution in [0.15, 0.2) is 18.2 Å². The maximum atomic E-state index is 11.8. The zero-order valence-electron chi connectivity index (χ0n) is 9.59. The molecule has 1 rings (SSSR count). The number of rotatable bonds is 5. The van der Waals surface area contributed by atoms with Crippen LogP contribution in [-0.2, 0) is 9.59 Å². The summed E-state index contributed by atoms with van der Waals surface area (Å²) in [6.45, 7) is 0. The molecule has 0 saturated heterocycles. The standard InChI is InChI=1S/C11H11ClN2O5/c12-5-1-2-8(15)6(3-5)10(17)14-7(11(18)19)4-9(13)16/h1-3,7,15H,4H2,(H2,13,16)(H,14,17)(H,18,19)/t7-/m0/s1. The maximum absolute atomic E-state index is 11.8. The molecule has 0 radical (unpaired) electrons. The quantitative estimate of drug-likeness (QED) is 0.610. The fourth-order valence-electron chi connectivity index (χ4n) is 1.33. The molecule has 2 amide bonds. The Bertz CT molecular complexity index is 532. The second kappa shape index (κ2) is 6.05. The number of carboxylic acid groups (broad SMARTS) is 1. The van der Waals surface area contributed by atoms with E-state index in [1.165, 1.54) is 18.2 Å².